The van der Waals surface area contributed by atoms with Crippen LogP contribution in [0.5, 0.6) is 0 Å². The van der Waals surface area contributed by atoms with Crippen molar-refractivity contribution in [1.82, 2.24) is 0 Å². The van der Waals surface area contributed by atoms with Gasteiger partial charge in [-0.2, -0.15) is 0 Å². The van der Waals surface area contributed by atoms with Gasteiger partial charge in [0.2, 0.25) is 0 Å². The summed E-state index contributed by atoms with van der Waals surface area (Å²) in [5.41, 5.74) is 5.37. The molecule has 0 fully saturated rings. The van der Waals surface area contributed by atoms with Gasteiger partial charge in [0.15, 0.2) is 0 Å². The van der Waals surface area contributed by atoms with E-state index in [0.29, 0.717) is 13.0 Å². The molecule has 0 aromatic rings. The number of carbonyl (C=O) groups excluding carboxylic acids is 1. The second-order valence-electron chi connectivity index (χ2n) is 16.0. The topological polar surface area (TPSA) is 117 Å². The molecule has 3 N–H and O–H groups in total. The zero-order valence-electron chi connectivity index (χ0n) is 37.8. The number of ether oxygens (including phenoxy) is 2. The number of carbonyl (C=O) groups is 1. The smallest absolute Gasteiger partial charge is 0.457 e. The fourth-order valence-electron chi connectivity index (χ4n) is 6.77. The highest BCUT2D eigenvalue weighted by Crippen LogP contribution is 2.43. The molecule has 0 rings (SSSR count). The van der Waals surface area contributed by atoms with Crippen molar-refractivity contribution < 1.29 is 32.8 Å². The first-order chi connectivity index (χ1) is 28.4. The average Bonchev–Trinajstić information content (AvgIpc) is 3.21. The highest BCUT2D eigenvalue weighted by Gasteiger charge is 2.25. The van der Waals surface area contributed by atoms with Crippen molar-refractivity contribution in [1.29, 1.82) is 0 Å². The largest absolute Gasteiger partial charge is 0.472 e. The molecule has 0 saturated carbocycles. The minimum atomic E-state index is -4.29. The average molecular weight is 838 g/mol. The van der Waals surface area contributed by atoms with E-state index in [9.17, 15) is 14.3 Å². The van der Waals surface area contributed by atoms with Gasteiger partial charge in [-0.15, -0.1) is 0 Å². The molecule has 0 aliphatic heterocycles. The first-order valence-corrected chi connectivity index (χ1v) is 25.6. The predicted molar refractivity (Wildman–Crippen MR) is 247 cm³/mol. The first-order valence-electron chi connectivity index (χ1n) is 24.1. The standard InChI is InChI=1S/C49H92NO7P/c1-3-5-7-9-11-13-15-17-19-20-21-22-23-24-25-26-27-28-29-30-32-34-36-38-40-42-49(51)57-48(47-56-58(52,53)55-45-43-50)46-54-44-41-39-37-35-33-31-18-16-14-12-10-8-6-4-2/h6,8,12,14,18,31,35,37,48H,3-5,7,9-11,13,15-17,19-30,32-34,36,38-47,50H2,1-2H3,(H,52,53)/b8-6-,14-12-,31-18-,37-35-. The summed E-state index contributed by atoms with van der Waals surface area (Å²) in [5.74, 6) is -0.346. The summed E-state index contributed by atoms with van der Waals surface area (Å²) >= 11 is 0. The molecule has 0 radical (unpaired) electrons. The van der Waals surface area contributed by atoms with Crippen LogP contribution in [0.3, 0.4) is 0 Å². The lowest BCUT2D eigenvalue weighted by Crippen LogP contribution is -2.28. The Balaban J connectivity index is 3.93. The number of hydrogen-bond acceptors (Lipinski definition) is 7. The van der Waals surface area contributed by atoms with Crippen molar-refractivity contribution in [3.05, 3.63) is 48.6 Å². The highest BCUT2D eigenvalue weighted by atomic mass is 31.2. The van der Waals surface area contributed by atoms with Gasteiger partial charge in [0.25, 0.3) is 0 Å². The van der Waals surface area contributed by atoms with Crippen molar-refractivity contribution in [2.24, 2.45) is 5.73 Å². The monoisotopic (exact) mass is 838 g/mol. The van der Waals surface area contributed by atoms with E-state index in [2.05, 4.69) is 62.5 Å². The van der Waals surface area contributed by atoms with Crippen LogP contribution in [-0.2, 0) is 27.9 Å². The highest BCUT2D eigenvalue weighted by molar-refractivity contribution is 7.47. The van der Waals surface area contributed by atoms with Crippen LogP contribution < -0.4 is 5.73 Å². The maximum atomic E-state index is 12.6. The Morgan fingerprint density at radius 2 is 0.948 bits per heavy atom. The normalized spacial score (nSPS) is 13.8. The number of unbranched alkanes of at least 4 members (excludes halogenated alkanes) is 25. The van der Waals surface area contributed by atoms with Gasteiger partial charge in [-0.25, -0.2) is 4.57 Å². The van der Waals surface area contributed by atoms with Crippen molar-refractivity contribution in [2.45, 2.75) is 225 Å². The van der Waals surface area contributed by atoms with Crippen LogP contribution in [0.4, 0.5) is 0 Å². The Labute approximate surface area is 358 Å². The summed E-state index contributed by atoms with van der Waals surface area (Å²) in [4.78, 5) is 22.5. The Bertz CT molecular complexity index is 1030. The fourth-order valence-corrected chi connectivity index (χ4v) is 7.53. The molecule has 0 spiro atoms. The third kappa shape index (κ3) is 45.5. The molecule has 0 aromatic carbocycles. The molecule has 0 bridgehead atoms. The number of rotatable bonds is 46. The van der Waals surface area contributed by atoms with Crippen molar-refractivity contribution in [3.8, 4) is 0 Å². The molecule has 0 heterocycles. The predicted octanol–water partition coefficient (Wildman–Crippen LogP) is 14.8. The quantitative estimate of drug-likeness (QED) is 0.0269. The molecule has 0 aliphatic carbocycles. The van der Waals surface area contributed by atoms with Gasteiger partial charge < -0.3 is 20.1 Å². The van der Waals surface area contributed by atoms with Crippen LogP contribution in [-0.4, -0.2) is 49.9 Å². The molecule has 0 aliphatic rings. The van der Waals surface area contributed by atoms with E-state index in [0.717, 1.165) is 57.8 Å². The van der Waals surface area contributed by atoms with Crippen molar-refractivity contribution >= 4 is 13.8 Å². The van der Waals surface area contributed by atoms with Crippen LogP contribution in [0.15, 0.2) is 48.6 Å². The summed E-state index contributed by atoms with van der Waals surface area (Å²) in [6.07, 6.45) is 56.0. The van der Waals surface area contributed by atoms with Gasteiger partial charge in [-0.3, -0.25) is 13.8 Å². The van der Waals surface area contributed by atoms with Crippen LogP contribution >= 0.6 is 7.82 Å². The van der Waals surface area contributed by atoms with Crippen molar-refractivity contribution in [3.63, 3.8) is 0 Å². The Morgan fingerprint density at radius 3 is 1.38 bits per heavy atom. The number of esters is 1. The summed E-state index contributed by atoms with van der Waals surface area (Å²) < 4.78 is 33.4. The lowest BCUT2D eigenvalue weighted by molar-refractivity contribution is -0.154. The summed E-state index contributed by atoms with van der Waals surface area (Å²) in [6, 6.07) is 0. The van der Waals surface area contributed by atoms with Gasteiger partial charge in [0.05, 0.1) is 19.8 Å². The number of hydrogen-bond donors (Lipinski definition) is 2. The van der Waals surface area contributed by atoms with E-state index in [4.69, 9.17) is 24.3 Å². The van der Waals surface area contributed by atoms with E-state index in [1.165, 1.54) is 141 Å². The second kappa shape index (κ2) is 46.5. The van der Waals surface area contributed by atoms with E-state index in [-0.39, 0.29) is 32.3 Å². The van der Waals surface area contributed by atoms with Gasteiger partial charge in [0.1, 0.15) is 6.10 Å². The maximum Gasteiger partial charge on any atom is 0.472 e. The molecule has 340 valence electrons. The minimum Gasteiger partial charge on any atom is -0.457 e. The van der Waals surface area contributed by atoms with E-state index in [1.807, 2.05) is 0 Å². The molecule has 0 amide bonds. The van der Waals surface area contributed by atoms with Gasteiger partial charge in [-0.1, -0.05) is 217 Å². The minimum absolute atomic E-state index is 0.0797. The van der Waals surface area contributed by atoms with E-state index >= 15 is 0 Å². The molecular formula is C49H92NO7P. The van der Waals surface area contributed by atoms with Crippen LogP contribution in [0, 0.1) is 0 Å². The van der Waals surface area contributed by atoms with E-state index < -0.39 is 13.9 Å². The molecule has 2 unspecified atom stereocenters. The number of phosphoric ester groups is 1. The molecular weight excluding hydrogens is 746 g/mol. The molecule has 8 nitrogen and oxygen atoms in total. The zero-order chi connectivity index (χ0) is 42.3. The maximum absolute atomic E-state index is 12.6. The van der Waals surface area contributed by atoms with Gasteiger partial charge >= 0.3 is 13.8 Å². The molecule has 9 heteroatoms. The number of nitrogens with two attached hydrogens (primary N) is 1. The lowest BCUT2D eigenvalue weighted by atomic mass is 10.0. The zero-order valence-corrected chi connectivity index (χ0v) is 38.7. The van der Waals surface area contributed by atoms with Gasteiger partial charge in [0, 0.05) is 19.6 Å². The molecule has 2 atom stereocenters. The van der Waals surface area contributed by atoms with Gasteiger partial charge in [-0.05, 0) is 44.9 Å². The second-order valence-corrected chi connectivity index (χ2v) is 17.4. The van der Waals surface area contributed by atoms with Crippen LogP contribution in [0.25, 0.3) is 0 Å². The molecule has 0 aromatic heterocycles. The first kappa shape index (κ1) is 56.5. The van der Waals surface area contributed by atoms with Crippen LogP contribution in [0.2, 0.25) is 0 Å². The third-order valence-electron chi connectivity index (χ3n) is 10.3. The lowest BCUT2D eigenvalue weighted by Gasteiger charge is -2.20. The summed E-state index contributed by atoms with van der Waals surface area (Å²) in [5, 5.41) is 0. The number of allylic oxidation sites excluding steroid dienone is 8. The van der Waals surface area contributed by atoms with Crippen molar-refractivity contribution in [2.75, 3.05) is 33.0 Å². The Morgan fingerprint density at radius 1 is 0.534 bits per heavy atom. The number of phosphoric acid groups is 1. The summed E-state index contributed by atoms with van der Waals surface area (Å²) in [7, 11) is -4.29. The third-order valence-corrected chi connectivity index (χ3v) is 11.2. The SMILES string of the molecule is CC/C=C\C/C=C\C/C=C\C/C=C\CCCOCC(COP(=O)(O)OCCN)OC(=O)CCCCCCCCCCCCCCCCCCCCCCCCCCC. The summed E-state index contributed by atoms with van der Waals surface area (Å²) in [6.45, 7) is 4.68. The van der Waals surface area contributed by atoms with E-state index in [1.54, 1.807) is 0 Å². The Kier molecular flexibility index (Phi) is 45.3. The molecule has 0 saturated heterocycles. The molecule has 58 heavy (non-hydrogen) atoms. The van der Waals surface area contributed by atoms with Crippen LogP contribution in [0.1, 0.15) is 219 Å². The fraction of sp³-hybridized carbons (Fsp3) is 0.816. The Hall–Kier alpha value is -1.54.